The highest BCUT2D eigenvalue weighted by molar-refractivity contribution is 6.04. The van der Waals surface area contributed by atoms with E-state index in [1.54, 1.807) is 30.3 Å². The van der Waals surface area contributed by atoms with Crippen LogP contribution < -0.4 is 5.32 Å². The topological polar surface area (TPSA) is 73.3 Å². The van der Waals surface area contributed by atoms with E-state index in [-0.39, 0.29) is 25.7 Å². The van der Waals surface area contributed by atoms with Crippen molar-refractivity contribution in [2.75, 3.05) is 25.1 Å². The Bertz CT molecular complexity index is 984. The lowest BCUT2D eigenvalue weighted by molar-refractivity contribution is -0.176. The lowest BCUT2D eigenvalue weighted by Crippen LogP contribution is -2.19. The van der Waals surface area contributed by atoms with Crippen molar-refractivity contribution in [3.8, 4) is 11.4 Å². The molecule has 0 bridgehead atoms. The van der Waals surface area contributed by atoms with Gasteiger partial charge < -0.3 is 14.8 Å². The molecule has 3 aromatic rings. The van der Waals surface area contributed by atoms with Gasteiger partial charge in [-0.15, -0.1) is 0 Å². The summed E-state index contributed by atoms with van der Waals surface area (Å²) in [5, 5.41) is 2.75. The molecule has 1 N–H and O–H groups in total. The van der Waals surface area contributed by atoms with Gasteiger partial charge in [-0.3, -0.25) is 4.79 Å². The van der Waals surface area contributed by atoms with E-state index in [1.807, 2.05) is 30.3 Å². The fraction of sp³-hybridized carbons (Fsp3) is 0.227. The van der Waals surface area contributed by atoms with Crippen molar-refractivity contribution in [1.82, 2.24) is 9.97 Å². The number of amides is 1. The number of alkyl halides is 3. The van der Waals surface area contributed by atoms with Gasteiger partial charge in [-0.1, -0.05) is 48.5 Å². The van der Waals surface area contributed by atoms with Gasteiger partial charge in [0.1, 0.15) is 6.61 Å². The number of aromatic nitrogens is 2. The number of hydrogen-bond acceptors (Lipinski definition) is 5. The number of ether oxygens (including phenoxy) is 2. The molecule has 3 rings (SSSR count). The molecule has 2 aromatic carbocycles. The molecule has 0 fully saturated rings. The molecule has 0 atom stereocenters. The number of carbonyl (C=O) groups is 1. The molecule has 0 unspecified atom stereocenters. The van der Waals surface area contributed by atoms with Crippen LogP contribution >= 0.6 is 0 Å². The third-order valence-corrected chi connectivity index (χ3v) is 4.06. The van der Waals surface area contributed by atoms with E-state index in [2.05, 4.69) is 20.0 Å². The molecule has 0 saturated carbocycles. The van der Waals surface area contributed by atoms with Crippen molar-refractivity contribution in [2.45, 2.75) is 12.8 Å². The van der Waals surface area contributed by atoms with Gasteiger partial charge in [0.25, 0.3) is 5.91 Å². The highest BCUT2D eigenvalue weighted by Crippen LogP contribution is 2.21. The third-order valence-electron chi connectivity index (χ3n) is 4.06. The smallest absolute Gasteiger partial charge is 0.373 e. The molecule has 0 saturated heterocycles. The van der Waals surface area contributed by atoms with Crippen molar-refractivity contribution < 1.29 is 27.4 Å². The number of nitrogens with zero attached hydrogens (tertiary/aromatic N) is 2. The van der Waals surface area contributed by atoms with Crippen LogP contribution in [-0.4, -0.2) is 41.9 Å². The van der Waals surface area contributed by atoms with Crippen LogP contribution in [0.25, 0.3) is 11.4 Å². The highest BCUT2D eigenvalue weighted by Gasteiger charge is 2.27. The Hall–Kier alpha value is -3.30. The molecule has 9 heteroatoms. The van der Waals surface area contributed by atoms with E-state index < -0.39 is 12.8 Å². The van der Waals surface area contributed by atoms with Crippen LogP contribution in [-0.2, 0) is 16.1 Å². The normalized spacial score (nSPS) is 11.3. The van der Waals surface area contributed by atoms with Crippen molar-refractivity contribution in [1.29, 1.82) is 0 Å². The zero-order chi connectivity index (χ0) is 22.1. The fourth-order valence-electron chi connectivity index (χ4n) is 2.62. The first-order chi connectivity index (χ1) is 14.9. The molecule has 162 valence electrons. The zero-order valence-electron chi connectivity index (χ0n) is 16.4. The Balaban J connectivity index is 1.70. The van der Waals surface area contributed by atoms with Gasteiger partial charge in [0.2, 0.25) is 0 Å². The number of halogens is 3. The van der Waals surface area contributed by atoms with Gasteiger partial charge in [0.15, 0.2) is 5.82 Å². The Kier molecular flexibility index (Phi) is 7.69. The number of nitrogens with one attached hydrogen (secondary N) is 1. The summed E-state index contributed by atoms with van der Waals surface area (Å²) in [6, 6.07) is 17.9. The van der Waals surface area contributed by atoms with Crippen LogP contribution in [0.2, 0.25) is 0 Å². The minimum Gasteiger partial charge on any atom is -0.373 e. The van der Waals surface area contributed by atoms with E-state index in [4.69, 9.17) is 4.74 Å². The average molecular weight is 431 g/mol. The van der Waals surface area contributed by atoms with Gasteiger partial charge in [-0.25, -0.2) is 9.97 Å². The standard InChI is InChI=1S/C22H20F3N3O3/c23-22(24,25)15-31-12-11-30-14-19-18(28-21(29)17-9-5-2-6-10-17)13-26-20(27-19)16-7-3-1-4-8-16/h1-10,13H,11-12,14-15H2,(H,28,29). The molecule has 0 aliphatic heterocycles. The van der Waals surface area contributed by atoms with E-state index in [0.717, 1.165) is 5.56 Å². The third kappa shape index (κ3) is 7.16. The van der Waals surface area contributed by atoms with Crippen LogP contribution in [0, 0.1) is 0 Å². The first kappa shape index (κ1) is 22.4. The molecule has 0 aliphatic rings. The van der Waals surface area contributed by atoms with E-state index in [1.165, 1.54) is 6.20 Å². The predicted octanol–water partition coefficient (Wildman–Crippen LogP) is 4.49. The maximum absolute atomic E-state index is 12.5. The van der Waals surface area contributed by atoms with Crippen LogP contribution in [0.15, 0.2) is 66.9 Å². The summed E-state index contributed by atoms with van der Waals surface area (Å²) in [6.07, 6.45) is -2.90. The highest BCUT2D eigenvalue weighted by atomic mass is 19.4. The summed E-state index contributed by atoms with van der Waals surface area (Å²) in [5.41, 5.74) is 1.99. The number of benzene rings is 2. The van der Waals surface area contributed by atoms with Gasteiger partial charge in [-0.2, -0.15) is 13.2 Å². The van der Waals surface area contributed by atoms with E-state index in [0.29, 0.717) is 22.8 Å². The largest absolute Gasteiger partial charge is 0.411 e. The maximum Gasteiger partial charge on any atom is 0.411 e. The molecule has 0 radical (unpaired) electrons. The first-order valence-corrected chi connectivity index (χ1v) is 9.42. The maximum atomic E-state index is 12.5. The monoisotopic (exact) mass is 431 g/mol. The summed E-state index contributed by atoms with van der Waals surface area (Å²) in [6.45, 7) is -1.66. The average Bonchev–Trinajstić information content (AvgIpc) is 2.77. The molecular weight excluding hydrogens is 411 g/mol. The van der Waals surface area contributed by atoms with Crippen LogP contribution in [0.4, 0.5) is 18.9 Å². The minimum absolute atomic E-state index is 0.0395. The quantitative estimate of drug-likeness (QED) is 0.506. The number of rotatable bonds is 9. The molecule has 1 aromatic heterocycles. The van der Waals surface area contributed by atoms with Crippen LogP contribution in [0.3, 0.4) is 0 Å². The summed E-state index contributed by atoms with van der Waals surface area (Å²) >= 11 is 0. The van der Waals surface area contributed by atoms with Crippen LogP contribution in [0.5, 0.6) is 0 Å². The van der Waals surface area contributed by atoms with Crippen molar-refractivity contribution >= 4 is 11.6 Å². The minimum atomic E-state index is -4.38. The number of carbonyl (C=O) groups excluding carboxylic acids is 1. The van der Waals surface area contributed by atoms with Crippen LogP contribution in [0.1, 0.15) is 16.1 Å². The number of hydrogen-bond donors (Lipinski definition) is 1. The molecule has 1 heterocycles. The van der Waals surface area contributed by atoms with Gasteiger partial charge in [0.05, 0.1) is 37.4 Å². The second-order valence-electron chi connectivity index (χ2n) is 6.46. The molecule has 6 nitrogen and oxygen atoms in total. The zero-order valence-corrected chi connectivity index (χ0v) is 16.4. The number of anilines is 1. The SMILES string of the molecule is O=C(Nc1cnc(-c2ccccc2)nc1COCCOCC(F)(F)F)c1ccccc1. The Morgan fingerprint density at radius 3 is 2.26 bits per heavy atom. The summed E-state index contributed by atoms with van der Waals surface area (Å²) in [4.78, 5) is 21.3. The summed E-state index contributed by atoms with van der Waals surface area (Å²) < 4.78 is 46.3. The van der Waals surface area contributed by atoms with Gasteiger partial charge in [-0.05, 0) is 12.1 Å². The lowest BCUT2D eigenvalue weighted by Gasteiger charge is -2.13. The second-order valence-corrected chi connectivity index (χ2v) is 6.46. The van der Waals surface area contributed by atoms with E-state index in [9.17, 15) is 18.0 Å². The van der Waals surface area contributed by atoms with Gasteiger partial charge in [0, 0.05) is 11.1 Å². The predicted molar refractivity (Wildman–Crippen MR) is 108 cm³/mol. The Morgan fingerprint density at radius 1 is 0.935 bits per heavy atom. The van der Waals surface area contributed by atoms with Crippen molar-refractivity contribution in [2.24, 2.45) is 0 Å². The molecule has 1 amide bonds. The van der Waals surface area contributed by atoms with E-state index >= 15 is 0 Å². The van der Waals surface area contributed by atoms with Crippen molar-refractivity contribution in [3.63, 3.8) is 0 Å². The molecule has 0 spiro atoms. The second kappa shape index (κ2) is 10.6. The Morgan fingerprint density at radius 2 is 1.58 bits per heavy atom. The molecule has 0 aliphatic carbocycles. The molecular formula is C22H20F3N3O3. The Labute approximate surface area is 177 Å². The summed E-state index contributed by atoms with van der Waals surface area (Å²) in [5.74, 6) is 0.0941. The molecule has 31 heavy (non-hydrogen) atoms. The first-order valence-electron chi connectivity index (χ1n) is 9.42. The fourth-order valence-corrected chi connectivity index (χ4v) is 2.62. The lowest BCUT2D eigenvalue weighted by atomic mass is 10.2. The van der Waals surface area contributed by atoms with Gasteiger partial charge >= 0.3 is 6.18 Å². The summed E-state index contributed by atoms with van der Waals surface area (Å²) in [7, 11) is 0. The van der Waals surface area contributed by atoms with Crippen molar-refractivity contribution in [3.05, 3.63) is 78.1 Å².